The van der Waals surface area contributed by atoms with E-state index in [1.54, 1.807) is 25.3 Å². The fourth-order valence-electron chi connectivity index (χ4n) is 4.17. The lowest BCUT2D eigenvalue weighted by Crippen LogP contribution is -2.29. The number of anilines is 2. The quantitative estimate of drug-likeness (QED) is 0.487. The van der Waals surface area contributed by atoms with Crippen molar-refractivity contribution in [3.8, 4) is 0 Å². The van der Waals surface area contributed by atoms with E-state index in [0.717, 1.165) is 38.2 Å². The molecule has 1 saturated heterocycles. The number of likely N-dealkylation sites (tertiary alicyclic amines) is 1. The van der Waals surface area contributed by atoms with Gasteiger partial charge in [0.2, 0.25) is 0 Å². The van der Waals surface area contributed by atoms with Crippen molar-refractivity contribution in [3.05, 3.63) is 53.2 Å². The van der Waals surface area contributed by atoms with Gasteiger partial charge in [0.15, 0.2) is 0 Å². The number of H-pyrrole nitrogens is 1. The lowest BCUT2D eigenvalue weighted by atomic mass is 10.2. The minimum absolute atomic E-state index is 0.0141. The fourth-order valence-corrected chi connectivity index (χ4v) is 5.22. The standard InChI is InChI=1S/C23H24N4O3S/c1-13-8-14-9-15(4-5-16(14)25-13)26-17-6-7-24-18-10-21(31-22(17)18)23(28)27-11-19(29-2)20(12-27)30-3/h4-10,19-20,25H,11-12H2,1-3H3,(H,24,26)/t19-,20-/m1/s1. The highest BCUT2D eigenvalue weighted by molar-refractivity contribution is 7.21. The molecule has 1 aliphatic heterocycles. The molecule has 4 heterocycles. The molecule has 7 nitrogen and oxygen atoms in total. The Hall–Kier alpha value is -2.94. The van der Waals surface area contributed by atoms with Gasteiger partial charge in [-0.3, -0.25) is 9.78 Å². The number of aromatic amines is 1. The third-order valence-electron chi connectivity index (χ3n) is 5.77. The maximum atomic E-state index is 13.1. The maximum Gasteiger partial charge on any atom is 0.264 e. The molecule has 31 heavy (non-hydrogen) atoms. The first-order chi connectivity index (χ1) is 15.1. The lowest BCUT2D eigenvalue weighted by Gasteiger charge is -2.14. The molecule has 0 saturated carbocycles. The van der Waals surface area contributed by atoms with Gasteiger partial charge >= 0.3 is 0 Å². The summed E-state index contributed by atoms with van der Waals surface area (Å²) in [5, 5.41) is 4.65. The van der Waals surface area contributed by atoms with Gasteiger partial charge in [0.05, 0.1) is 20.8 Å². The predicted octanol–water partition coefficient (Wildman–Crippen LogP) is 4.32. The average Bonchev–Trinajstić information content (AvgIpc) is 3.48. The van der Waals surface area contributed by atoms with Crippen molar-refractivity contribution in [2.75, 3.05) is 32.6 Å². The summed E-state index contributed by atoms with van der Waals surface area (Å²) in [7, 11) is 3.30. The summed E-state index contributed by atoms with van der Waals surface area (Å²) in [5.41, 5.74) is 4.98. The number of aryl methyl sites for hydroxylation is 1. The first-order valence-corrected chi connectivity index (χ1v) is 11.0. The first kappa shape index (κ1) is 20.0. The summed E-state index contributed by atoms with van der Waals surface area (Å²) in [6, 6.07) is 12.2. The number of fused-ring (bicyclic) bond motifs is 2. The zero-order valence-electron chi connectivity index (χ0n) is 17.6. The number of hydrogen-bond acceptors (Lipinski definition) is 6. The number of aromatic nitrogens is 2. The minimum atomic E-state index is -0.106. The Kier molecular flexibility index (Phi) is 5.13. The molecule has 0 aliphatic carbocycles. The van der Waals surface area contributed by atoms with Crippen LogP contribution in [0.1, 0.15) is 15.4 Å². The van der Waals surface area contributed by atoms with E-state index in [1.807, 2.05) is 25.1 Å². The molecule has 5 rings (SSSR count). The Morgan fingerprint density at radius 1 is 1.16 bits per heavy atom. The van der Waals surface area contributed by atoms with Gasteiger partial charge in [-0.1, -0.05) is 0 Å². The molecule has 0 bridgehead atoms. The van der Waals surface area contributed by atoms with Crippen molar-refractivity contribution in [1.29, 1.82) is 0 Å². The second kappa shape index (κ2) is 7.96. The van der Waals surface area contributed by atoms with E-state index in [4.69, 9.17) is 9.47 Å². The Balaban J connectivity index is 1.42. The molecule has 1 aliphatic rings. The monoisotopic (exact) mass is 436 g/mol. The number of rotatable bonds is 5. The van der Waals surface area contributed by atoms with Gasteiger partial charge < -0.3 is 24.7 Å². The van der Waals surface area contributed by atoms with Crippen LogP contribution in [0.3, 0.4) is 0 Å². The number of carbonyl (C=O) groups is 1. The fraction of sp³-hybridized carbons (Fsp3) is 0.304. The maximum absolute atomic E-state index is 13.1. The average molecular weight is 437 g/mol. The highest BCUT2D eigenvalue weighted by Crippen LogP contribution is 2.34. The lowest BCUT2D eigenvalue weighted by molar-refractivity contribution is -0.00461. The largest absolute Gasteiger partial charge is 0.377 e. The van der Waals surface area contributed by atoms with E-state index in [-0.39, 0.29) is 18.1 Å². The van der Waals surface area contributed by atoms with Crippen molar-refractivity contribution in [3.63, 3.8) is 0 Å². The number of amides is 1. The predicted molar refractivity (Wildman–Crippen MR) is 123 cm³/mol. The van der Waals surface area contributed by atoms with Crippen LogP contribution in [-0.2, 0) is 9.47 Å². The van der Waals surface area contributed by atoms with E-state index < -0.39 is 0 Å². The summed E-state index contributed by atoms with van der Waals surface area (Å²) in [6.07, 6.45) is 1.55. The van der Waals surface area contributed by atoms with Gasteiger partial charge in [-0.15, -0.1) is 11.3 Å². The number of nitrogens with zero attached hydrogens (tertiary/aromatic N) is 2. The van der Waals surface area contributed by atoms with Gasteiger partial charge in [0, 0.05) is 55.8 Å². The third-order valence-corrected chi connectivity index (χ3v) is 6.91. The van der Waals surface area contributed by atoms with Crippen LogP contribution in [0.15, 0.2) is 42.6 Å². The van der Waals surface area contributed by atoms with Crippen molar-refractivity contribution >= 4 is 49.7 Å². The number of pyridine rings is 1. The molecule has 2 N–H and O–H groups in total. The van der Waals surface area contributed by atoms with Crippen molar-refractivity contribution < 1.29 is 14.3 Å². The molecule has 1 aromatic carbocycles. The highest BCUT2D eigenvalue weighted by Gasteiger charge is 2.36. The number of carbonyl (C=O) groups excluding carboxylic acids is 1. The van der Waals surface area contributed by atoms with Gasteiger partial charge in [-0.2, -0.15) is 0 Å². The van der Waals surface area contributed by atoms with Crippen LogP contribution in [0.2, 0.25) is 0 Å². The Labute approximate surface area is 184 Å². The van der Waals surface area contributed by atoms with Crippen molar-refractivity contribution in [1.82, 2.24) is 14.9 Å². The number of nitrogens with one attached hydrogen (secondary N) is 2. The van der Waals surface area contributed by atoms with Gasteiger partial charge in [0.1, 0.15) is 12.2 Å². The molecule has 160 valence electrons. The zero-order chi connectivity index (χ0) is 21.5. The molecular weight excluding hydrogens is 412 g/mol. The van der Waals surface area contributed by atoms with Crippen LogP contribution in [0.25, 0.3) is 21.1 Å². The molecule has 0 radical (unpaired) electrons. The number of thiophene rings is 1. The van der Waals surface area contributed by atoms with E-state index in [1.165, 1.54) is 11.3 Å². The second-order valence-electron chi connectivity index (χ2n) is 7.82. The topological polar surface area (TPSA) is 79.5 Å². The molecule has 4 aromatic rings. The number of ether oxygens (including phenoxy) is 2. The molecule has 1 amide bonds. The van der Waals surface area contributed by atoms with Crippen LogP contribution < -0.4 is 5.32 Å². The van der Waals surface area contributed by atoms with Crippen LogP contribution >= 0.6 is 11.3 Å². The van der Waals surface area contributed by atoms with Crippen molar-refractivity contribution in [2.24, 2.45) is 0 Å². The van der Waals surface area contributed by atoms with E-state index in [9.17, 15) is 4.79 Å². The smallest absolute Gasteiger partial charge is 0.264 e. The highest BCUT2D eigenvalue weighted by atomic mass is 32.1. The molecule has 2 atom stereocenters. The molecule has 1 fully saturated rings. The molecular formula is C23H24N4O3S. The molecule has 0 spiro atoms. The SMILES string of the molecule is CO[C@@H]1CN(C(=O)c2cc3nccc(Nc4ccc5[nH]c(C)cc5c4)c3s2)C[C@H]1OC. The summed E-state index contributed by atoms with van der Waals surface area (Å²) in [6.45, 7) is 3.10. The molecule has 3 aromatic heterocycles. The zero-order valence-corrected chi connectivity index (χ0v) is 18.5. The van der Waals surface area contributed by atoms with Crippen LogP contribution in [0.4, 0.5) is 11.4 Å². The summed E-state index contributed by atoms with van der Waals surface area (Å²) < 4.78 is 11.9. The van der Waals surface area contributed by atoms with Gasteiger partial charge in [-0.25, -0.2) is 0 Å². The normalized spacial score (nSPS) is 18.9. The van der Waals surface area contributed by atoms with E-state index in [2.05, 4.69) is 33.5 Å². The second-order valence-corrected chi connectivity index (χ2v) is 8.87. The van der Waals surface area contributed by atoms with Gasteiger partial charge in [0.25, 0.3) is 5.91 Å². The summed E-state index contributed by atoms with van der Waals surface area (Å²) in [5.74, 6) is -0.0141. The first-order valence-electron chi connectivity index (χ1n) is 10.2. The van der Waals surface area contributed by atoms with Crippen LogP contribution in [-0.4, -0.2) is 60.3 Å². The Bertz CT molecular complexity index is 1250. The number of methoxy groups -OCH3 is 2. The van der Waals surface area contributed by atoms with Crippen molar-refractivity contribution in [2.45, 2.75) is 19.1 Å². The van der Waals surface area contributed by atoms with Gasteiger partial charge in [-0.05, 0) is 43.3 Å². The number of hydrogen-bond donors (Lipinski definition) is 2. The third kappa shape index (κ3) is 3.67. The Morgan fingerprint density at radius 3 is 2.68 bits per heavy atom. The van der Waals surface area contributed by atoms with Crippen LogP contribution in [0, 0.1) is 6.92 Å². The summed E-state index contributed by atoms with van der Waals surface area (Å²) >= 11 is 1.46. The number of benzene rings is 1. The Morgan fingerprint density at radius 2 is 1.94 bits per heavy atom. The molecule has 8 heteroatoms. The minimum Gasteiger partial charge on any atom is -0.377 e. The van der Waals surface area contributed by atoms with Crippen LogP contribution in [0.5, 0.6) is 0 Å². The van der Waals surface area contributed by atoms with E-state index in [0.29, 0.717) is 18.0 Å². The molecule has 0 unspecified atom stereocenters. The summed E-state index contributed by atoms with van der Waals surface area (Å²) in [4.78, 5) is 23.4. The van der Waals surface area contributed by atoms with E-state index >= 15 is 0 Å².